The largest absolute Gasteiger partial charge is 0.354 e. The van der Waals surface area contributed by atoms with Crippen molar-refractivity contribution in [1.82, 2.24) is 15.0 Å². The number of H-pyrrole nitrogens is 1. The van der Waals surface area contributed by atoms with E-state index in [-0.39, 0.29) is 0 Å². The topological polar surface area (TPSA) is 41.6 Å². The molecule has 2 aromatic heterocycles. The maximum atomic E-state index is 5.38. The van der Waals surface area contributed by atoms with Crippen molar-refractivity contribution in [2.24, 2.45) is 0 Å². The number of nitrogens with one attached hydrogen (secondary N) is 1. The number of nitrogens with zero attached hydrogens (tertiary/aromatic N) is 2. The molecular formula is C59H39N3. The summed E-state index contributed by atoms with van der Waals surface area (Å²) in [5, 5.41) is 2.46. The monoisotopic (exact) mass is 789 g/mol. The molecule has 0 bridgehead atoms. The van der Waals surface area contributed by atoms with E-state index in [4.69, 9.17) is 9.97 Å². The van der Waals surface area contributed by atoms with Crippen molar-refractivity contribution in [2.75, 3.05) is 0 Å². The molecule has 9 aromatic carbocycles. The van der Waals surface area contributed by atoms with Crippen LogP contribution in [-0.2, 0) is 5.41 Å². The minimum atomic E-state index is -0.552. The predicted octanol–water partition coefficient (Wildman–Crippen LogP) is 14.8. The summed E-state index contributed by atoms with van der Waals surface area (Å²) in [5.41, 5.74) is 18.7. The number of hydrogen-bond donors (Lipinski definition) is 1. The number of hydrogen-bond acceptors (Lipinski definition) is 2. The van der Waals surface area contributed by atoms with Gasteiger partial charge >= 0.3 is 0 Å². The van der Waals surface area contributed by atoms with Crippen LogP contribution in [0.4, 0.5) is 0 Å². The molecule has 11 aromatic rings. The number of para-hydroxylation sites is 2. The van der Waals surface area contributed by atoms with E-state index in [1.807, 2.05) is 6.07 Å². The van der Waals surface area contributed by atoms with Crippen LogP contribution in [0.3, 0.4) is 0 Å². The van der Waals surface area contributed by atoms with Gasteiger partial charge in [-0.3, -0.25) is 0 Å². The van der Waals surface area contributed by atoms with Crippen LogP contribution in [0.1, 0.15) is 22.3 Å². The van der Waals surface area contributed by atoms with Crippen molar-refractivity contribution in [3.05, 3.63) is 253 Å². The normalized spacial score (nSPS) is 12.6. The number of aromatic amines is 1. The SMILES string of the molecule is c1ccc(-c2nc(-c3ccc(-c4cccc5c4[nH]c4ccccc45)cc3)cc(-c3ccccc3-c3cccc4c3C(c3ccccc3)(c3ccccc3)c3ccccc3-4)n2)cc1. The van der Waals surface area contributed by atoms with E-state index >= 15 is 0 Å². The van der Waals surface area contributed by atoms with Crippen molar-refractivity contribution in [3.8, 4) is 67.3 Å². The summed E-state index contributed by atoms with van der Waals surface area (Å²) in [5.74, 6) is 0.688. The van der Waals surface area contributed by atoms with Crippen LogP contribution in [0.2, 0.25) is 0 Å². The highest BCUT2D eigenvalue weighted by molar-refractivity contribution is 6.11. The highest BCUT2D eigenvalue weighted by Gasteiger charge is 2.47. The molecule has 0 spiro atoms. The summed E-state index contributed by atoms with van der Waals surface area (Å²) >= 11 is 0. The molecule has 0 aliphatic heterocycles. The maximum Gasteiger partial charge on any atom is 0.160 e. The Balaban J connectivity index is 1.05. The number of fused-ring (bicyclic) bond motifs is 6. The van der Waals surface area contributed by atoms with Gasteiger partial charge in [-0.1, -0.05) is 218 Å². The van der Waals surface area contributed by atoms with E-state index in [1.165, 1.54) is 55.3 Å². The van der Waals surface area contributed by atoms with E-state index in [0.29, 0.717) is 5.82 Å². The molecule has 1 N–H and O–H groups in total. The van der Waals surface area contributed by atoms with Crippen LogP contribution < -0.4 is 0 Å². The van der Waals surface area contributed by atoms with Gasteiger partial charge in [-0.05, 0) is 62.2 Å². The van der Waals surface area contributed by atoms with Crippen LogP contribution in [0.5, 0.6) is 0 Å². The predicted molar refractivity (Wildman–Crippen MR) is 256 cm³/mol. The standard InChI is InChI=1S/C59H39N3/c1-4-18-41(19-5-1)58-61-54(40-36-34-39(35-37-40)44-28-16-31-51-48-27-13-15-33-53(48)60-57(44)51)38-55(62-58)47-26-11-10-24-45(47)49-29-17-30-50-46-25-12-14-32-52(46)59(56(49)50,42-20-6-2-7-21-42)43-22-8-3-9-23-43/h1-38,60H. The van der Waals surface area contributed by atoms with E-state index in [1.54, 1.807) is 0 Å². The first-order valence-corrected chi connectivity index (χ1v) is 21.2. The number of aromatic nitrogens is 3. The second kappa shape index (κ2) is 14.5. The Morgan fingerprint density at radius 3 is 1.60 bits per heavy atom. The lowest BCUT2D eigenvalue weighted by Crippen LogP contribution is -2.29. The van der Waals surface area contributed by atoms with Crippen LogP contribution >= 0.6 is 0 Å². The summed E-state index contributed by atoms with van der Waals surface area (Å²) in [6.07, 6.45) is 0. The molecule has 0 amide bonds. The molecule has 0 radical (unpaired) electrons. The quantitative estimate of drug-likeness (QED) is 0.175. The van der Waals surface area contributed by atoms with Gasteiger partial charge in [-0.15, -0.1) is 0 Å². The lowest BCUT2D eigenvalue weighted by Gasteiger charge is -2.35. The highest BCUT2D eigenvalue weighted by Crippen LogP contribution is 2.59. The average Bonchev–Trinajstić information content (AvgIpc) is 3.89. The molecule has 12 rings (SSSR count). The van der Waals surface area contributed by atoms with Crippen molar-refractivity contribution >= 4 is 21.8 Å². The van der Waals surface area contributed by atoms with E-state index < -0.39 is 5.41 Å². The summed E-state index contributed by atoms with van der Waals surface area (Å²) in [6.45, 7) is 0. The first-order chi connectivity index (χ1) is 30.8. The molecule has 1 aliphatic carbocycles. The minimum Gasteiger partial charge on any atom is -0.354 e. The Bertz CT molecular complexity index is 3400. The fourth-order valence-corrected chi connectivity index (χ4v) is 10.1. The van der Waals surface area contributed by atoms with Gasteiger partial charge in [0.15, 0.2) is 5.82 Å². The molecule has 0 atom stereocenters. The smallest absolute Gasteiger partial charge is 0.160 e. The van der Waals surface area contributed by atoms with Crippen molar-refractivity contribution in [3.63, 3.8) is 0 Å². The van der Waals surface area contributed by atoms with Gasteiger partial charge in [0.2, 0.25) is 0 Å². The van der Waals surface area contributed by atoms with Gasteiger partial charge in [0, 0.05) is 38.5 Å². The van der Waals surface area contributed by atoms with Crippen LogP contribution in [0, 0.1) is 0 Å². The molecule has 62 heavy (non-hydrogen) atoms. The molecule has 3 heteroatoms. The number of benzene rings is 9. The second-order valence-corrected chi connectivity index (χ2v) is 16.1. The summed E-state index contributed by atoms with van der Waals surface area (Å²) in [7, 11) is 0. The van der Waals surface area contributed by atoms with Gasteiger partial charge < -0.3 is 4.98 Å². The Hall–Kier alpha value is -8.14. The second-order valence-electron chi connectivity index (χ2n) is 16.1. The van der Waals surface area contributed by atoms with Gasteiger partial charge in [0.05, 0.1) is 22.3 Å². The van der Waals surface area contributed by atoms with E-state index in [0.717, 1.165) is 50.2 Å². The summed E-state index contributed by atoms with van der Waals surface area (Å²) in [4.78, 5) is 14.3. The third-order valence-electron chi connectivity index (χ3n) is 12.8. The zero-order chi connectivity index (χ0) is 41.0. The Morgan fingerprint density at radius 1 is 0.339 bits per heavy atom. The van der Waals surface area contributed by atoms with Crippen molar-refractivity contribution in [2.45, 2.75) is 5.41 Å². The third-order valence-corrected chi connectivity index (χ3v) is 12.8. The van der Waals surface area contributed by atoms with Gasteiger partial charge in [0.1, 0.15) is 0 Å². The average molecular weight is 790 g/mol. The van der Waals surface area contributed by atoms with Crippen LogP contribution in [-0.4, -0.2) is 15.0 Å². The molecule has 0 saturated heterocycles. The molecule has 1 aliphatic rings. The molecular weight excluding hydrogens is 751 g/mol. The van der Waals surface area contributed by atoms with Gasteiger partial charge in [0.25, 0.3) is 0 Å². The Kier molecular flexibility index (Phi) is 8.39. The minimum absolute atomic E-state index is 0.552. The third kappa shape index (κ3) is 5.59. The number of rotatable bonds is 7. The fourth-order valence-electron chi connectivity index (χ4n) is 10.1. The Morgan fingerprint density at radius 2 is 0.855 bits per heavy atom. The van der Waals surface area contributed by atoms with Gasteiger partial charge in [-0.2, -0.15) is 0 Å². The summed E-state index contributed by atoms with van der Waals surface area (Å²) in [6, 6.07) is 82.9. The van der Waals surface area contributed by atoms with Crippen molar-refractivity contribution < 1.29 is 0 Å². The molecule has 3 nitrogen and oxygen atoms in total. The first-order valence-electron chi connectivity index (χ1n) is 21.2. The highest BCUT2D eigenvalue weighted by atomic mass is 14.9. The zero-order valence-electron chi connectivity index (χ0n) is 33.8. The molecule has 2 heterocycles. The lowest BCUT2D eigenvalue weighted by molar-refractivity contribution is 0.770. The molecule has 0 unspecified atom stereocenters. The van der Waals surface area contributed by atoms with E-state index in [2.05, 4.69) is 229 Å². The van der Waals surface area contributed by atoms with E-state index in [9.17, 15) is 0 Å². The maximum absolute atomic E-state index is 5.38. The molecule has 0 saturated carbocycles. The lowest BCUT2D eigenvalue weighted by atomic mass is 9.66. The Labute approximate surface area is 360 Å². The van der Waals surface area contributed by atoms with Crippen LogP contribution in [0.25, 0.3) is 89.1 Å². The van der Waals surface area contributed by atoms with Crippen LogP contribution in [0.15, 0.2) is 231 Å². The van der Waals surface area contributed by atoms with Gasteiger partial charge in [-0.25, -0.2) is 9.97 Å². The molecule has 0 fully saturated rings. The summed E-state index contributed by atoms with van der Waals surface area (Å²) < 4.78 is 0. The first kappa shape index (κ1) is 35.8. The molecule has 290 valence electrons. The zero-order valence-corrected chi connectivity index (χ0v) is 33.8. The fraction of sp³-hybridized carbons (Fsp3) is 0.0169. The van der Waals surface area contributed by atoms with Crippen molar-refractivity contribution in [1.29, 1.82) is 0 Å².